The van der Waals surface area contributed by atoms with Crippen molar-refractivity contribution in [2.24, 2.45) is 5.92 Å². The smallest absolute Gasteiger partial charge is 0.166 e. The van der Waals surface area contributed by atoms with Crippen molar-refractivity contribution in [1.29, 1.82) is 0 Å². The van der Waals surface area contributed by atoms with Crippen LogP contribution in [0.25, 0.3) is 0 Å². The molecule has 0 aliphatic heterocycles. The van der Waals surface area contributed by atoms with Gasteiger partial charge in [0.2, 0.25) is 0 Å². The van der Waals surface area contributed by atoms with Gasteiger partial charge in [-0.1, -0.05) is 51.1 Å². The number of benzene rings is 1. The van der Waals surface area contributed by atoms with Crippen LogP contribution in [0, 0.1) is 11.7 Å². The van der Waals surface area contributed by atoms with Gasteiger partial charge in [0, 0.05) is 11.4 Å². The van der Waals surface area contributed by atoms with Crippen molar-refractivity contribution in [3.8, 4) is 0 Å². The molecule has 1 atom stereocenters. The molecular weight excluding hydrogens is 251 g/mol. The fourth-order valence-corrected chi connectivity index (χ4v) is 2.20. The van der Waals surface area contributed by atoms with E-state index < -0.39 is 5.82 Å². The van der Waals surface area contributed by atoms with Crippen LogP contribution in [0.4, 0.5) is 4.39 Å². The molecule has 0 saturated heterocycles. The van der Waals surface area contributed by atoms with Gasteiger partial charge < -0.3 is 0 Å². The van der Waals surface area contributed by atoms with Gasteiger partial charge in [0.25, 0.3) is 0 Å². The quantitative estimate of drug-likeness (QED) is 0.617. The van der Waals surface area contributed by atoms with E-state index in [0.717, 1.165) is 25.7 Å². The van der Waals surface area contributed by atoms with E-state index in [4.69, 9.17) is 11.6 Å². The maximum absolute atomic E-state index is 13.5. The minimum atomic E-state index is -0.477. The van der Waals surface area contributed by atoms with E-state index >= 15 is 0 Å². The molecule has 0 spiro atoms. The zero-order valence-corrected chi connectivity index (χ0v) is 11.8. The van der Waals surface area contributed by atoms with Crippen molar-refractivity contribution in [3.05, 3.63) is 34.6 Å². The number of unbranched alkanes of at least 4 members (excludes halogenated alkanes) is 1. The molecule has 0 saturated carbocycles. The largest absolute Gasteiger partial charge is 0.294 e. The minimum absolute atomic E-state index is 0.123. The summed E-state index contributed by atoms with van der Waals surface area (Å²) in [7, 11) is 0. The van der Waals surface area contributed by atoms with Gasteiger partial charge in [0.15, 0.2) is 5.78 Å². The highest BCUT2D eigenvalue weighted by Crippen LogP contribution is 2.22. The fourth-order valence-electron chi connectivity index (χ4n) is 2.03. The number of Topliss-reactive ketones (excluding diaryl/α,β-unsaturated/α-hetero) is 1. The molecule has 0 radical (unpaired) electrons. The maximum atomic E-state index is 13.5. The Labute approximate surface area is 113 Å². The summed E-state index contributed by atoms with van der Waals surface area (Å²) >= 11 is 5.80. The normalized spacial score (nSPS) is 12.4. The number of rotatable bonds is 7. The van der Waals surface area contributed by atoms with E-state index in [9.17, 15) is 9.18 Å². The third-order valence-electron chi connectivity index (χ3n) is 3.25. The molecule has 0 aliphatic rings. The Morgan fingerprint density at radius 3 is 2.72 bits per heavy atom. The lowest BCUT2D eigenvalue weighted by Crippen LogP contribution is -2.10. The van der Waals surface area contributed by atoms with E-state index in [-0.39, 0.29) is 11.3 Å². The van der Waals surface area contributed by atoms with Crippen LogP contribution in [-0.4, -0.2) is 5.78 Å². The predicted octanol–water partition coefficient (Wildman–Crippen LogP) is 5.27. The molecule has 0 bridgehead atoms. The summed E-state index contributed by atoms with van der Waals surface area (Å²) in [4.78, 5) is 12.1. The molecule has 1 aromatic rings. The Kier molecular flexibility index (Phi) is 6.34. The maximum Gasteiger partial charge on any atom is 0.166 e. The van der Waals surface area contributed by atoms with Crippen LogP contribution < -0.4 is 0 Å². The summed E-state index contributed by atoms with van der Waals surface area (Å²) in [6.07, 6.45) is 4.63. The highest BCUT2D eigenvalue weighted by Gasteiger charge is 2.17. The second-order valence-corrected chi connectivity index (χ2v) is 5.10. The predicted molar refractivity (Wildman–Crippen MR) is 73.7 cm³/mol. The lowest BCUT2D eigenvalue weighted by atomic mass is 9.91. The van der Waals surface area contributed by atoms with Gasteiger partial charge in [-0.2, -0.15) is 0 Å². The number of carbonyl (C=O) groups is 1. The third-order valence-corrected chi connectivity index (χ3v) is 3.48. The molecule has 0 amide bonds. The van der Waals surface area contributed by atoms with Gasteiger partial charge in [-0.05, 0) is 24.1 Å². The van der Waals surface area contributed by atoms with Crippen LogP contribution in [0.3, 0.4) is 0 Å². The summed E-state index contributed by atoms with van der Waals surface area (Å²) in [6.45, 7) is 4.20. The first-order chi connectivity index (χ1) is 8.58. The third kappa shape index (κ3) is 4.41. The van der Waals surface area contributed by atoms with Crippen LogP contribution in [0.2, 0.25) is 5.02 Å². The molecule has 0 fully saturated rings. The van der Waals surface area contributed by atoms with Gasteiger partial charge in [-0.3, -0.25) is 4.79 Å². The van der Waals surface area contributed by atoms with Crippen LogP contribution in [-0.2, 0) is 0 Å². The highest BCUT2D eigenvalue weighted by molar-refractivity contribution is 6.31. The topological polar surface area (TPSA) is 17.1 Å². The first kappa shape index (κ1) is 15.2. The van der Waals surface area contributed by atoms with Crippen molar-refractivity contribution < 1.29 is 9.18 Å². The van der Waals surface area contributed by atoms with E-state index in [0.29, 0.717) is 17.4 Å². The molecule has 0 aromatic heterocycles. The van der Waals surface area contributed by atoms with Crippen molar-refractivity contribution in [3.63, 3.8) is 0 Å². The second-order valence-electron chi connectivity index (χ2n) is 4.67. The number of ketones is 1. The molecule has 0 heterocycles. The van der Waals surface area contributed by atoms with Gasteiger partial charge in [0.1, 0.15) is 5.82 Å². The Balaban J connectivity index is 2.71. The first-order valence-electron chi connectivity index (χ1n) is 6.56. The van der Waals surface area contributed by atoms with Crippen molar-refractivity contribution in [2.45, 2.75) is 46.0 Å². The molecule has 1 nitrogen and oxygen atoms in total. The molecular formula is C15H20ClFO. The Morgan fingerprint density at radius 2 is 2.11 bits per heavy atom. The minimum Gasteiger partial charge on any atom is -0.294 e. The molecule has 1 unspecified atom stereocenters. The summed E-state index contributed by atoms with van der Waals surface area (Å²) in [5, 5.41) is 0.404. The summed E-state index contributed by atoms with van der Waals surface area (Å²) in [6, 6.07) is 4.14. The van der Waals surface area contributed by atoms with E-state index in [1.165, 1.54) is 18.2 Å². The molecule has 0 N–H and O–H groups in total. The van der Waals surface area contributed by atoms with E-state index in [1.54, 1.807) is 0 Å². The average molecular weight is 271 g/mol. The lowest BCUT2D eigenvalue weighted by molar-refractivity contribution is 0.0953. The van der Waals surface area contributed by atoms with Gasteiger partial charge >= 0.3 is 0 Å². The van der Waals surface area contributed by atoms with Crippen LogP contribution in [0.15, 0.2) is 18.2 Å². The fraction of sp³-hybridized carbons (Fsp3) is 0.533. The standard InChI is InChI=1S/C15H20ClFO/c1-3-5-6-11(4-2)9-15(18)13-10-12(16)7-8-14(13)17/h7-8,10-11H,3-6,9H2,1-2H3. The SMILES string of the molecule is CCCCC(CC)CC(=O)c1cc(Cl)ccc1F. The van der Waals surface area contributed by atoms with Gasteiger partial charge in [-0.15, -0.1) is 0 Å². The number of hydrogen-bond donors (Lipinski definition) is 0. The first-order valence-corrected chi connectivity index (χ1v) is 6.94. The van der Waals surface area contributed by atoms with Crippen molar-refractivity contribution in [1.82, 2.24) is 0 Å². The van der Waals surface area contributed by atoms with Crippen LogP contribution >= 0.6 is 11.6 Å². The van der Waals surface area contributed by atoms with E-state index in [1.807, 2.05) is 0 Å². The van der Waals surface area contributed by atoms with Crippen LogP contribution in [0.1, 0.15) is 56.3 Å². The van der Waals surface area contributed by atoms with Crippen LogP contribution in [0.5, 0.6) is 0 Å². The number of carbonyl (C=O) groups excluding carboxylic acids is 1. The lowest BCUT2D eigenvalue weighted by Gasteiger charge is -2.13. The average Bonchev–Trinajstić information content (AvgIpc) is 2.37. The number of hydrogen-bond acceptors (Lipinski definition) is 1. The summed E-state index contributed by atoms with van der Waals surface area (Å²) in [5.41, 5.74) is 0.123. The zero-order valence-electron chi connectivity index (χ0n) is 11.0. The zero-order chi connectivity index (χ0) is 13.5. The molecule has 18 heavy (non-hydrogen) atoms. The molecule has 0 aliphatic carbocycles. The van der Waals surface area contributed by atoms with Gasteiger partial charge in [0.05, 0.1) is 5.56 Å². The Bertz CT molecular complexity index is 403. The molecule has 1 rings (SSSR count). The summed E-state index contributed by atoms with van der Waals surface area (Å²) < 4.78 is 13.5. The monoisotopic (exact) mass is 270 g/mol. The molecule has 100 valence electrons. The van der Waals surface area contributed by atoms with Gasteiger partial charge in [-0.25, -0.2) is 4.39 Å². The summed E-state index contributed by atoms with van der Waals surface area (Å²) in [5.74, 6) is -0.275. The Hall–Kier alpha value is -0.890. The van der Waals surface area contributed by atoms with E-state index in [2.05, 4.69) is 13.8 Å². The second kappa shape index (κ2) is 7.52. The molecule has 1 aromatic carbocycles. The van der Waals surface area contributed by atoms with Crippen molar-refractivity contribution in [2.75, 3.05) is 0 Å². The van der Waals surface area contributed by atoms with Crippen molar-refractivity contribution >= 4 is 17.4 Å². The molecule has 3 heteroatoms. The number of halogens is 2. The highest BCUT2D eigenvalue weighted by atomic mass is 35.5. The Morgan fingerprint density at radius 1 is 1.39 bits per heavy atom.